The van der Waals surface area contributed by atoms with Gasteiger partial charge in [0.25, 0.3) is 0 Å². The lowest BCUT2D eigenvalue weighted by Crippen LogP contribution is -1.91. The second kappa shape index (κ2) is 5.55. The summed E-state index contributed by atoms with van der Waals surface area (Å²) in [5.74, 6) is 0.618. The molecule has 0 heterocycles. The number of rotatable bonds is 4. The Bertz CT molecular complexity index is 289. The molecule has 0 saturated carbocycles. The first-order valence-electron chi connectivity index (χ1n) is 5.43. The molecule has 14 heavy (non-hydrogen) atoms. The molecule has 0 nitrogen and oxygen atoms in total. The number of aryl methyl sites for hydroxylation is 1. The molecule has 0 amide bonds. The fraction of sp³-hybridized carbons (Fsp3) is 0.538. The third-order valence-corrected chi connectivity index (χ3v) is 2.92. The number of halogens is 1. The minimum Gasteiger partial charge on any atom is -0.0654 e. The molecule has 0 N–H and O–H groups in total. The highest BCUT2D eigenvalue weighted by atomic mass is 79.9. The molecule has 0 saturated heterocycles. The topological polar surface area (TPSA) is 0 Å². The first kappa shape index (κ1) is 11.8. The average molecular weight is 255 g/mol. The normalized spacial score (nSPS) is 10.9. The van der Waals surface area contributed by atoms with Gasteiger partial charge in [0.2, 0.25) is 0 Å². The maximum Gasteiger partial charge on any atom is 0.0180 e. The average Bonchev–Trinajstić information content (AvgIpc) is 2.14. The summed E-state index contributed by atoms with van der Waals surface area (Å²) in [5.41, 5.74) is 2.90. The van der Waals surface area contributed by atoms with E-state index in [1.54, 1.807) is 0 Å². The summed E-state index contributed by atoms with van der Waals surface area (Å²) in [6.07, 6.45) is 3.76. The highest BCUT2D eigenvalue weighted by Crippen LogP contribution is 2.22. The van der Waals surface area contributed by atoms with E-state index >= 15 is 0 Å². The van der Waals surface area contributed by atoms with Crippen LogP contribution < -0.4 is 0 Å². The molecule has 1 aromatic rings. The standard InChI is InChI=1S/C13H19Br/c1-4-5-6-11-7-12(10(2)3)9-13(14)8-11/h7-10H,4-6H2,1-3H3. The van der Waals surface area contributed by atoms with Gasteiger partial charge in [-0.3, -0.25) is 0 Å². The van der Waals surface area contributed by atoms with Gasteiger partial charge in [-0.2, -0.15) is 0 Å². The summed E-state index contributed by atoms with van der Waals surface area (Å²) < 4.78 is 1.22. The van der Waals surface area contributed by atoms with Crippen LogP contribution in [0.4, 0.5) is 0 Å². The number of hydrogen-bond donors (Lipinski definition) is 0. The number of unbranched alkanes of at least 4 members (excludes halogenated alkanes) is 1. The molecule has 0 aromatic heterocycles. The van der Waals surface area contributed by atoms with Crippen molar-refractivity contribution >= 4 is 15.9 Å². The predicted octanol–water partition coefficient (Wildman–Crippen LogP) is 4.92. The van der Waals surface area contributed by atoms with E-state index < -0.39 is 0 Å². The highest BCUT2D eigenvalue weighted by Gasteiger charge is 2.02. The van der Waals surface area contributed by atoms with Crippen molar-refractivity contribution in [1.82, 2.24) is 0 Å². The summed E-state index contributed by atoms with van der Waals surface area (Å²) >= 11 is 3.57. The molecular formula is C13H19Br. The van der Waals surface area contributed by atoms with E-state index in [1.807, 2.05) is 0 Å². The maximum absolute atomic E-state index is 3.57. The predicted molar refractivity (Wildman–Crippen MR) is 66.8 cm³/mol. The van der Waals surface area contributed by atoms with Crippen LogP contribution in [0.25, 0.3) is 0 Å². The van der Waals surface area contributed by atoms with Gasteiger partial charge < -0.3 is 0 Å². The first-order chi connectivity index (χ1) is 6.63. The van der Waals surface area contributed by atoms with Crippen LogP contribution in [0.15, 0.2) is 22.7 Å². The Balaban J connectivity index is 2.84. The number of hydrogen-bond acceptors (Lipinski definition) is 0. The van der Waals surface area contributed by atoms with Gasteiger partial charge in [0, 0.05) is 4.47 Å². The molecule has 0 bridgehead atoms. The third-order valence-electron chi connectivity index (χ3n) is 2.47. The van der Waals surface area contributed by atoms with E-state index in [9.17, 15) is 0 Å². The lowest BCUT2D eigenvalue weighted by molar-refractivity contribution is 0.789. The van der Waals surface area contributed by atoms with Crippen LogP contribution in [-0.4, -0.2) is 0 Å². The molecule has 0 unspecified atom stereocenters. The molecule has 0 aliphatic carbocycles. The van der Waals surface area contributed by atoms with Crippen molar-refractivity contribution in [3.8, 4) is 0 Å². The Kier molecular flexibility index (Phi) is 4.67. The van der Waals surface area contributed by atoms with Gasteiger partial charge in [-0.05, 0) is 42.0 Å². The molecule has 0 atom stereocenters. The fourth-order valence-electron chi connectivity index (χ4n) is 1.53. The quantitative estimate of drug-likeness (QED) is 0.716. The molecule has 1 aromatic carbocycles. The molecule has 0 aliphatic heterocycles. The van der Waals surface area contributed by atoms with Gasteiger partial charge in [0.05, 0.1) is 0 Å². The van der Waals surface area contributed by atoms with Crippen molar-refractivity contribution in [2.45, 2.75) is 46.0 Å². The minimum absolute atomic E-state index is 0.618. The zero-order valence-corrected chi connectivity index (χ0v) is 10.9. The van der Waals surface area contributed by atoms with E-state index in [0.29, 0.717) is 5.92 Å². The fourth-order valence-corrected chi connectivity index (χ4v) is 2.09. The molecule has 0 fully saturated rings. The Morgan fingerprint density at radius 1 is 1.21 bits per heavy atom. The van der Waals surface area contributed by atoms with Gasteiger partial charge in [-0.1, -0.05) is 49.2 Å². The van der Waals surface area contributed by atoms with Crippen LogP contribution in [-0.2, 0) is 6.42 Å². The highest BCUT2D eigenvalue weighted by molar-refractivity contribution is 9.10. The summed E-state index contributed by atoms with van der Waals surface area (Å²) in [7, 11) is 0. The van der Waals surface area contributed by atoms with Gasteiger partial charge in [0.1, 0.15) is 0 Å². The monoisotopic (exact) mass is 254 g/mol. The lowest BCUT2D eigenvalue weighted by atomic mass is 9.99. The molecule has 0 spiro atoms. The van der Waals surface area contributed by atoms with E-state index in [0.717, 1.165) is 0 Å². The third kappa shape index (κ3) is 3.45. The molecule has 0 aliphatic rings. The van der Waals surface area contributed by atoms with Crippen LogP contribution in [0.2, 0.25) is 0 Å². The lowest BCUT2D eigenvalue weighted by Gasteiger charge is -2.09. The van der Waals surface area contributed by atoms with Crippen molar-refractivity contribution in [2.24, 2.45) is 0 Å². The summed E-state index contributed by atoms with van der Waals surface area (Å²) in [5, 5.41) is 0. The van der Waals surface area contributed by atoms with Crippen LogP contribution in [0.1, 0.15) is 50.7 Å². The Morgan fingerprint density at radius 2 is 1.93 bits per heavy atom. The van der Waals surface area contributed by atoms with Crippen LogP contribution in [0.3, 0.4) is 0 Å². The Hall–Kier alpha value is -0.300. The van der Waals surface area contributed by atoms with Gasteiger partial charge in [-0.25, -0.2) is 0 Å². The SMILES string of the molecule is CCCCc1cc(Br)cc(C(C)C)c1. The summed E-state index contributed by atoms with van der Waals surface area (Å²) in [6.45, 7) is 6.72. The zero-order valence-electron chi connectivity index (χ0n) is 9.31. The summed E-state index contributed by atoms with van der Waals surface area (Å²) in [6, 6.07) is 6.80. The smallest absolute Gasteiger partial charge is 0.0180 e. The zero-order chi connectivity index (χ0) is 10.6. The Labute approximate surface area is 95.9 Å². The van der Waals surface area contributed by atoms with Crippen LogP contribution >= 0.6 is 15.9 Å². The molecule has 78 valence electrons. The summed E-state index contributed by atoms with van der Waals surface area (Å²) in [4.78, 5) is 0. The number of benzene rings is 1. The second-order valence-corrected chi connectivity index (χ2v) is 5.07. The second-order valence-electron chi connectivity index (χ2n) is 4.15. The van der Waals surface area contributed by atoms with Crippen molar-refractivity contribution in [2.75, 3.05) is 0 Å². The van der Waals surface area contributed by atoms with Gasteiger partial charge in [-0.15, -0.1) is 0 Å². The van der Waals surface area contributed by atoms with E-state index in [1.165, 1.54) is 34.9 Å². The van der Waals surface area contributed by atoms with Gasteiger partial charge in [0.15, 0.2) is 0 Å². The van der Waals surface area contributed by atoms with Crippen molar-refractivity contribution in [3.63, 3.8) is 0 Å². The van der Waals surface area contributed by atoms with E-state index in [-0.39, 0.29) is 0 Å². The molecule has 1 heteroatoms. The minimum atomic E-state index is 0.618. The molecule has 1 rings (SSSR count). The van der Waals surface area contributed by atoms with Crippen molar-refractivity contribution in [3.05, 3.63) is 33.8 Å². The van der Waals surface area contributed by atoms with Crippen molar-refractivity contribution in [1.29, 1.82) is 0 Å². The Morgan fingerprint density at radius 3 is 2.50 bits per heavy atom. The first-order valence-corrected chi connectivity index (χ1v) is 6.22. The van der Waals surface area contributed by atoms with E-state index in [2.05, 4.69) is 54.9 Å². The van der Waals surface area contributed by atoms with Crippen LogP contribution in [0.5, 0.6) is 0 Å². The van der Waals surface area contributed by atoms with E-state index in [4.69, 9.17) is 0 Å². The van der Waals surface area contributed by atoms with Gasteiger partial charge >= 0.3 is 0 Å². The molecule has 0 radical (unpaired) electrons. The largest absolute Gasteiger partial charge is 0.0654 e. The molecular weight excluding hydrogens is 236 g/mol. The van der Waals surface area contributed by atoms with Crippen LogP contribution in [0, 0.1) is 0 Å². The maximum atomic E-state index is 3.57. The van der Waals surface area contributed by atoms with Crippen molar-refractivity contribution < 1.29 is 0 Å².